The van der Waals surface area contributed by atoms with Crippen LogP contribution < -0.4 is 4.74 Å². The molecular formula is C13H14O6. The van der Waals surface area contributed by atoms with Crippen molar-refractivity contribution in [1.29, 1.82) is 0 Å². The number of hydrogen-bond acceptors (Lipinski definition) is 6. The predicted molar refractivity (Wildman–Crippen MR) is 64.9 cm³/mol. The average molecular weight is 266 g/mol. The lowest BCUT2D eigenvalue weighted by molar-refractivity contribution is -0.163. The largest absolute Gasteiger partial charge is 0.467 e. The average Bonchev–Trinajstić information content (AvgIpc) is 2.43. The second-order valence-corrected chi connectivity index (χ2v) is 3.62. The molecule has 1 rings (SSSR count). The zero-order chi connectivity index (χ0) is 14.4. The molecule has 0 atom stereocenters. The number of rotatable bonds is 5. The van der Waals surface area contributed by atoms with E-state index in [0.29, 0.717) is 5.56 Å². The Morgan fingerprint density at radius 1 is 0.947 bits per heavy atom. The number of hydrogen-bond donors (Lipinski definition) is 0. The van der Waals surface area contributed by atoms with Crippen LogP contribution in [-0.4, -0.2) is 38.0 Å². The van der Waals surface area contributed by atoms with Gasteiger partial charge in [0.1, 0.15) is 5.75 Å². The van der Waals surface area contributed by atoms with Gasteiger partial charge in [0.15, 0.2) is 5.78 Å². The molecule has 0 N–H and O–H groups in total. The molecular weight excluding hydrogens is 252 g/mol. The van der Waals surface area contributed by atoms with Gasteiger partial charge in [-0.3, -0.25) is 4.79 Å². The van der Waals surface area contributed by atoms with E-state index in [1.165, 1.54) is 31.2 Å². The lowest BCUT2D eigenvalue weighted by Crippen LogP contribution is -2.37. The maximum absolute atomic E-state index is 11.4. The molecule has 0 radical (unpaired) electrons. The molecule has 0 amide bonds. The molecule has 0 bridgehead atoms. The van der Waals surface area contributed by atoms with Gasteiger partial charge in [-0.05, 0) is 31.2 Å². The number of benzene rings is 1. The van der Waals surface area contributed by atoms with Crippen molar-refractivity contribution in [2.45, 2.75) is 13.0 Å². The molecule has 0 spiro atoms. The van der Waals surface area contributed by atoms with Crippen molar-refractivity contribution in [1.82, 2.24) is 0 Å². The van der Waals surface area contributed by atoms with E-state index in [1.54, 1.807) is 0 Å². The van der Waals surface area contributed by atoms with Crippen LogP contribution >= 0.6 is 0 Å². The van der Waals surface area contributed by atoms with Crippen molar-refractivity contribution in [3.05, 3.63) is 29.8 Å². The third-order valence-corrected chi connectivity index (χ3v) is 2.35. The highest BCUT2D eigenvalue weighted by Crippen LogP contribution is 2.15. The summed E-state index contributed by atoms with van der Waals surface area (Å²) < 4.78 is 14.1. The zero-order valence-corrected chi connectivity index (χ0v) is 10.8. The molecule has 0 aromatic heterocycles. The van der Waals surface area contributed by atoms with E-state index in [4.69, 9.17) is 4.74 Å². The molecule has 6 heteroatoms. The molecule has 0 aliphatic carbocycles. The molecule has 0 fully saturated rings. The van der Waals surface area contributed by atoms with Crippen LogP contribution in [0.15, 0.2) is 24.3 Å². The number of ketones is 1. The summed E-state index contributed by atoms with van der Waals surface area (Å²) in [6.45, 7) is 1.43. The Labute approximate surface area is 110 Å². The normalized spacial score (nSPS) is 9.89. The van der Waals surface area contributed by atoms with Crippen LogP contribution in [0.25, 0.3) is 0 Å². The van der Waals surface area contributed by atoms with Crippen molar-refractivity contribution in [2.75, 3.05) is 14.2 Å². The molecule has 1 aromatic rings. The van der Waals surface area contributed by atoms with Gasteiger partial charge in [0, 0.05) is 5.56 Å². The fourth-order valence-electron chi connectivity index (χ4n) is 1.31. The smallest absolute Gasteiger partial charge is 0.359 e. The van der Waals surface area contributed by atoms with Crippen molar-refractivity contribution in [3.8, 4) is 5.75 Å². The minimum Gasteiger partial charge on any atom is -0.467 e. The summed E-state index contributed by atoms with van der Waals surface area (Å²) in [6.07, 6.45) is -1.49. The van der Waals surface area contributed by atoms with Gasteiger partial charge in [0.05, 0.1) is 14.2 Å². The Hall–Kier alpha value is -2.37. The molecule has 0 unspecified atom stereocenters. The van der Waals surface area contributed by atoms with E-state index in [1.807, 2.05) is 0 Å². The summed E-state index contributed by atoms with van der Waals surface area (Å²) in [7, 11) is 2.28. The summed E-state index contributed by atoms with van der Waals surface area (Å²) in [5, 5.41) is 0. The van der Waals surface area contributed by atoms with Crippen molar-refractivity contribution in [3.63, 3.8) is 0 Å². The first-order valence-electron chi connectivity index (χ1n) is 5.43. The van der Waals surface area contributed by atoms with Crippen molar-refractivity contribution < 1.29 is 28.6 Å². The molecule has 6 nitrogen and oxygen atoms in total. The number of ether oxygens (including phenoxy) is 3. The lowest BCUT2D eigenvalue weighted by atomic mass is 10.1. The molecule has 0 aliphatic heterocycles. The van der Waals surface area contributed by atoms with Crippen LogP contribution in [0.1, 0.15) is 17.3 Å². The summed E-state index contributed by atoms with van der Waals surface area (Å²) in [5.74, 6) is -1.56. The van der Waals surface area contributed by atoms with E-state index >= 15 is 0 Å². The van der Waals surface area contributed by atoms with E-state index in [-0.39, 0.29) is 11.5 Å². The highest BCUT2D eigenvalue weighted by molar-refractivity contribution is 5.98. The third kappa shape index (κ3) is 3.80. The van der Waals surface area contributed by atoms with Gasteiger partial charge in [-0.15, -0.1) is 0 Å². The quantitative estimate of drug-likeness (QED) is 0.449. The summed E-state index contributed by atoms with van der Waals surface area (Å²) >= 11 is 0. The van der Waals surface area contributed by atoms with Crippen molar-refractivity contribution in [2.24, 2.45) is 0 Å². The van der Waals surface area contributed by atoms with Crippen LogP contribution in [0.3, 0.4) is 0 Å². The molecule has 0 saturated carbocycles. The van der Waals surface area contributed by atoms with Crippen LogP contribution in [-0.2, 0) is 19.1 Å². The number of esters is 2. The number of Topliss-reactive ketones (excluding diaryl/α,β-unsaturated/α-hetero) is 1. The summed E-state index contributed by atoms with van der Waals surface area (Å²) in [6, 6.07) is 6.03. The highest BCUT2D eigenvalue weighted by atomic mass is 16.6. The Bertz CT molecular complexity index is 460. The van der Waals surface area contributed by atoms with E-state index in [0.717, 1.165) is 14.2 Å². The van der Waals surface area contributed by atoms with Crippen molar-refractivity contribution >= 4 is 17.7 Å². The molecule has 0 heterocycles. The second kappa shape index (κ2) is 6.53. The predicted octanol–water partition coefficient (Wildman–Crippen LogP) is 0.983. The first-order chi connectivity index (χ1) is 8.99. The molecule has 0 saturated heterocycles. The Kier molecular flexibility index (Phi) is 5.05. The topological polar surface area (TPSA) is 78.9 Å². The van der Waals surface area contributed by atoms with Gasteiger partial charge in [-0.2, -0.15) is 0 Å². The maximum atomic E-state index is 11.4. The molecule has 0 aliphatic rings. The zero-order valence-electron chi connectivity index (χ0n) is 10.8. The lowest BCUT2D eigenvalue weighted by Gasteiger charge is -2.14. The van der Waals surface area contributed by atoms with Crippen LogP contribution in [0.4, 0.5) is 0 Å². The molecule has 19 heavy (non-hydrogen) atoms. The maximum Gasteiger partial charge on any atom is 0.359 e. The first kappa shape index (κ1) is 14.7. The van der Waals surface area contributed by atoms with Gasteiger partial charge in [0.2, 0.25) is 0 Å². The van der Waals surface area contributed by atoms with Gasteiger partial charge in [-0.25, -0.2) is 9.59 Å². The van der Waals surface area contributed by atoms with Gasteiger partial charge in [-0.1, -0.05) is 0 Å². The van der Waals surface area contributed by atoms with Gasteiger partial charge in [0.25, 0.3) is 6.10 Å². The fraction of sp³-hybridized carbons (Fsp3) is 0.308. The fourth-order valence-corrected chi connectivity index (χ4v) is 1.31. The standard InChI is InChI=1S/C13H14O6/c1-8(14)9-4-6-10(7-5-9)19-11(12(15)17-2)13(16)18-3/h4-7,11H,1-3H3. The van der Waals surface area contributed by atoms with E-state index < -0.39 is 18.0 Å². The van der Waals surface area contributed by atoms with E-state index in [9.17, 15) is 14.4 Å². The summed E-state index contributed by atoms with van der Waals surface area (Å²) in [5.41, 5.74) is 0.500. The number of carbonyl (C=O) groups excluding carboxylic acids is 3. The van der Waals surface area contributed by atoms with Crippen LogP contribution in [0, 0.1) is 0 Å². The van der Waals surface area contributed by atoms with Gasteiger partial charge >= 0.3 is 11.9 Å². The number of carbonyl (C=O) groups is 3. The van der Waals surface area contributed by atoms with Gasteiger partial charge < -0.3 is 14.2 Å². The highest BCUT2D eigenvalue weighted by Gasteiger charge is 2.30. The monoisotopic (exact) mass is 266 g/mol. The summed E-state index contributed by atoms with van der Waals surface area (Å²) in [4.78, 5) is 33.9. The Balaban J connectivity index is 2.87. The van der Waals surface area contributed by atoms with Crippen LogP contribution in [0.2, 0.25) is 0 Å². The number of methoxy groups -OCH3 is 2. The van der Waals surface area contributed by atoms with Crippen LogP contribution in [0.5, 0.6) is 5.75 Å². The van der Waals surface area contributed by atoms with E-state index in [2.05, 4.69) is 9.47 Å². The minimum atomic E-state index is -1.49. The third-order valence-electron chi connectivity index (χ3n) is 2.35. The Morgan fingerprint density at radius 3 is 1.79 bits per heavy atom. The first-order valence-corrected chi connectivity index (χ1v) is 5.43. The minimum absolute atomic E-state index is 0.0935. The SMILES string of the molecule is COC(=O)C(Oc1ccc(C(C)=O)cc1)C(=O)OC. The molecule has 102 valence electrons. The molecule has 1 aromatic carbocycles. The second-order valence-electron chi connectivity index (χ2n) is 3.62. The Morgan fingerprint density at radius 2 is 1.42 bits per heavy atom.